The average molecular weight is 327 g/mol. The molecule has 0 aliphatic heterocycles. The Morgan fingerprint density at radius 2 is 1.28 bits per heavy atom. The van der Waals surface area contributed by atoms with E-state index in [4.69, 9.17) is 0 Å². The molecule has 0 amide bonds. The summed E-state index contributed by atoms with van der Waals surface area (Å²) < 4.78 is 3.18. The van der Waals surface area contributed by atoms with Crippen molar-refractivity contribution in [1.29, 1.82) is 0 Å². The van der Waals surface area contributed by atoms with Crippen molar-refractivity contribution in [2.75, 3.05) is 0 Å². The second-order valence-corrected chi connectivity index (χ2v) is 5.79. The van der Waals surface area contributed by atoms with E-state index in [1.165, 1.54) is 4.68 Å². The van der Waals surface area contributed by atoms with Crippen molar-refractivity contribution >= 4 is 0 Å². The van der Waals surface area contributed by atoms with Crippen molar-refractivity contribution in [3.63, 3.8) is 0 Å². The summed E-state index contributed by atoms with van der Waals surface area (Å²) in [5, 5.41) is 4.61. The van der Waals surface area contributed by atoms with Crippen LogP contribution in [0.4, 0.5) is 0 Å². The first kappa shape index (κ1) is 15.1. The van der Waals surface area contributed by atoms with Crippen LogP contribution in [0.3, 0.4) is 0 Å². The highest BCUT2D eigenvalue weighted by Gasteiger charge is 2.16. The first-order valence-corrected chi connectivity index (χ1v) is 8.17. The molecule has 0 atom stereocenters. The van der Waals surface area contributed by atoms with Gasteiger partial charge in [0, 0.05) is 5.56 Å². The summed E-state index contributed by atoms with van der Waals surface area (Å²) in [6, 6.07) is 29.3. The highest BCUT2D eigenvalue weighted by Crippen LogP contribution is 2.17. The van der Waals surface area contributed by atoms with Gasteiger partial charge in [0.05, 0.1) is 12.2 Å². The quantitative estimate of drug-likeness (QED) is 0.573. The monoisotopic (exact) mass is 327 g/mol. The number of hydrogen-bond donors (Lipinski definition) is 0. The third-order valence-corrected chi connectivity index (χ3v) is 4.08. The number of aromatic nitrogens is 3. The molecule has 1 aromatic heterocycles. The molecule has 0 unspecified atom stereocenters. The Kier molecular flexibility index (Phi) is 4.01. The molecule has 0 bridgehead atoms. The Balaban J connectivity index is 1.88. The molecule has 4 aromatic rings. The number of rotatable bonds is 4. The molecule has 0 N–H and O–H groups in total. The van der Waals surface area contributed by atoms with Crippen LogP contribution in [0.15, 0.2) is 95.8 Å². The van der Waals surface area contributed by atoms with Gasteiger partial charge in [0.2, 0.25) is 0 Å². The van der Waals surface area contributed by atoms with E-state index in [-0.39, 0.29) is 5.69 Å². The molecule has 0 spiro atoms. The molecule has 1 heterocycles. The highest BCUT2D eigenvalue weighted by molar-refractivity contribution is 5.55. The fraction of sp³-hybridized carbons (Fsp3) is 0.0476. The van der Waals surface area contributed by atoms with Crippen LogP contribution in [0, 0.1) is 0 Å². The van der Waals surface area contributed by atoms with Crippen LogP contribution < -0.4 is 5.69 Å². The zero-order valence-electron chi connectivity index (χ0n) is 13.6. The largest absolute Gasteiger partial charge is 0.351 e. The maximum atomic E-state index is 13.0. The zero-order valence-corrected chi connectivity index (χ0v) is 13.6. The number of para-hydroxylation sites is 1. The van der Waals surface area contributed by atoms with E-state index in [1.807, 2.05) is 91.0 Å². The van der Waals surface area contributed by atoms with Crippen molar-refractivity contribution < 1.29 is 0 Å². The van der Waals surface area contributed by atoms with Crippen LogP contribution in [-0.4, -0.2) is 14.3 Å². The topological polar surface area (TPSA) is 39.8 Å². The molecule has 0 radical (unpaired) electrons. The molecule has 25 heavy (non-hydrogen) atoms. The smallest absolute Gasteiger partial charge is 0.270 e. The average Bonchev–Trinajstić information content (AvgIpc) is 3.01. The van der Waals surface area contributed by atoms with Gasteiger partial charge in [-0.15, -0.1) is 5.10 Å². The lowest BCUT2D eigenvalue weighted by Gasteiger charge is -2.05. The lowest BCUT2D eigenvalue weighted by atomic mass is 10.2. The van der Waals surface area contributed by atoms with Crippen molar-refractivity contribution in [3.05, 3.63) is 107 Å². The molecular formula is C21H17N3O. The van der Waals surface area contributed by atoms with Crippen LogP contribution in [0.25, 0.3) is 17.1 Å². The minimum absolute atomic E-state index is 0.145. The second-order valence-electron chi connectivity index (χ2n) is 5.79. The summed E-state index contributed by atoms with van der Waals surface area (Å²) in [6.45, 7) is 0.483. The summed E-state index contributed by atoms with van der Waals surface area (Å²) in [7, 11) is 0. The summed E-state index contributed by atoms with van der Waals surface area (Å²) in [4.78, 5) is 13.0. The Hall–Kier alpha value is -3.40. The minimum atomic E-state index is -0.145. The molecule has 3 aromatic carbocycles. The van der Waals surface area contributed by atoms with E-state index in [0.29, 0.717) is 12.4 Å². The predicted molar refractivity (Wildman–Crippen MR) is 98.8 cm³/mol. The van der Waals surface area contributed by atoms with Crippen LogP contribution in [-0.2, 0) is 6.54 Å². The van der Waals surface area contributed by atoms with Gasteiger partial charge in [-0.1, -0.05) is 78.9 Å². The molecule has 0 aliphatic carbocycles. The third kappa shape index (κ3) is 3.02. The molecule has 0 fully saturated rings. The van der Waals surface area contributed by atoms with E-state index in [2.05, 4.69) is 5.10 Å². The molecule has 0 saturated carbocycles. The maximum Gasteiger partial charge on any atom is 0.351 e. The number of benzene rings is 3. The minimum Gasteiger partial charge on any atom is -0.270 e. The van der Waals surface area contributed by atoms with E-state index in [9.17, 15) is 4.79 Å². The Morgan fingerprint density at radius 3 is 1.92 bits per heavy atom. The number of hydrogen-bond acceptors (Lipinski definition) is 2. The van der Waals surface area contributed by atoms with Gasteiger partial charge in [-0.25, -0.2) is 4.79 Å². The van der Waals surface area contributed by atoms with Gasteiger partial charge in [-0.05, 0) is 17.7 Å². The van der Waals surface area contributed by atoms with Crippen LogP contribution in [0.2, 0.25) is 0 Å². The molecule has 122 valence electrons. The molecule has 4 rings (SSSR count). The predicted octanol–water partition coefficient (Wildman–Crippen LogP) is 3.75. The van der Waals surface area contributed by atoms with E-state index in [1.54, 1.807) is 4.57 Å². The molecule has 0 saturated heterocycles. The third-order valence-electron chi connectivity index (χ3n) is 4.08. The van der Waals surface area contributed by atoms with Crippen molar-refractivity contribution in [2.24, 2.45) is 0 Å². The van der Waals surface area contributed by atoms with Gasteiger partial charge in [-0.3, -0.25) is 4.57 Å². The first-order chi connectivity index (χ1) is 12.3. The standard InChI is InChI=1S/C21H17N3O/c25-21-23(16-17-10-4-1-5-11-17)20(18-12-6-2-7-13-18)22-24(21)19-14-8-3-9-15-19/h1-15H,16H2. The number of nitrogens with zero attached hydrogens (tertiary/aromatic N) is 3. The molecule has 0 aliphatic rings. The van der Waals surface area contributed by atoms with Crippen molar-refractivity contribution in [3.8, 4) is 17.1 Å². The van der Waals surface area contributed by atoms with Crippen molar-refractivity contribution in [1.82, 2.24) is 14.3 Å². The Labute approximate surface area is 145 Å². The molecule has 4 nitrogen and oxygen atoms in total. The SMILES string of the molecule is O=c1n(-c2ccccc2)nc(-c2ccccc2)n1Cc1ccccc1. The Bertz CT molecular complexity index is 1020. The fourth-order valence-electron chi connectivity index (χ4n) is 2.84. The van der Waals surface area contributed by atoms with Gasteiger partial charge in [0.1, 0.15) is 0 Å². The molecular weight excluding hydrogens is 310 g/mol. The zero-order chi connectivity index (χ0) is 17.1. The summed E-state index contributed by atoms with van der Waals surface area (Å²) >= 11 is 0. The van der Waals surface area contributed by atoms with E-state index < -0.39 is 0 Å². The Morgan fingerprint density at radius 1 is 0.720 bits per heavy atom. The molecule has 4 heteroatoms. The fourth-order valence-corrected chi connectivity index (χ4v) is 2.84. The van der Waals surface area contributed by atoms with Crippen LogP contribution in [0.5, 0.6) is 0 Å². The van der Waals surface area contributed by atoms with E-state index >= 15 is 0 Å². The van der Waals surface area contributed by atoms with Gasteiger partial charge in [0.25, 0.3) is 0 Å². The highest BCUT2D eigenvalue weighted by atomic mass is 16.2. The second kappa shape index (κ2) is 6.61. The van der Waals surface area contributed by atoms with Crippen LogP contribution in [0.1, 0.15) is 5.56 Å². The van der Waals surface area contributed by atoms with Crippen LogP contribution >= 0.6 is 0 Å². The maximum absolute atomic E-state index is 13.0. The van der Waals surface area contributed by atoms with Gasteiger partial charge in [0.15, 0.2) is 5.82 Å². The first-order valence-electron chi connectivity index (χ1n) is 8.17. The summed E-state index contributed by atoms with van der Waals surface area (Å²) in [6.07, 6.45) is 0. The lowest BCUT2D eigenvalue weighted by Crippen LogP contribution is -2.24. The van der Waals surface area contributed by atoms with E-state index in [0.717, 1.165) is 16.8 Å². The lowest BCUT2D eigenvalue weighted by molar-refractivity contribution is 0.742. The summed E-state index contributed by atoms with van der Waals surface area (Å²) in [5.41, 5.74) is 2.60. The van der Waals surface area contributed by atoms with Gasteiger partial charge >= 0.3 is 5.69 Å². The van der Waals surface area contributed by atoms with Gasteiger partial charge in [-0.2, -0.15) is 4.68 Å². The normalized spacial score (nSPS) is 10.7. The van der Waals surface area contributed by atoms with Gasteiger partial charge < -0.3 is 0 Å². The summed E-state index contributed by atoms with van der Waals surface area (Å²) in [5.74, 6) is 0.665. The van der Waals surface area contributed by atoms with Crippen molar-refractivity contribution in [2.45, 2.75) is 6.54 Å².